The smallest absolute Gasteiger partial charge is 0.327 e. The van der Waals surface area contributed by atoms with E-state index >= 15 is 0 Å². The van der Waals surface area contributed by atoms with Crippen LogP contribution in [0.1, 0.15) is 5.69 Å². The number of carbonyl (C=O) groups is 1. The van der Waals surface area contributed by atoms with Gasteiger partial charge in [0.1, 0.15) is 12.4 Å². The fraction of sp³-hybridized carbons (Fsp3) is 0.133. The van der Waals surface area contributed by atoms with Crippen LogP contribution in [0.25, 0.3) is 17.2 Å². The van der Waals surface area contributed by atoms with Crippen LogP contribution in [-0.4, -0.2) is 22.9 Å². The average Bonchev–Trinajstić information content (AvgIpc) is 2.48. The van der Waals surface area contributed by atoms with Gasteiger partial charge in [-0.05, 0) is 23.8 Å². The van der Waals surface area contributed by atoms with E-state index in [0.29, 0.717) is 16.8 Å². The quantitative estimate of drug-likeness (QED) is 0.806. The van der Waals surface area contributed by atoms with Gasteiger partial charge in [-0.3, -0.25) is 9.59 Å². The second-order valence-corrected chi connectivity index (χ2v) is 4.23. The first-order valence-corrected chi connectivity index (χ1v) is 6.12. The first kappa shape index (κ1) is 14.6. The lowest BCUT2D eigenvalue weighted by Gasteiger charge is -2.09. The third-order valence-electron chi connectivity index (χ3n) is 2.86. The number of carbonyl (C=O) groups excluding carboxylic acids is 1. The molecule has 0 radical (unpaired) electrons. The van der Waals surface area contributed by atoms with E-state index in [0.717, 1.165) is 4.68 Å². The van der Waals surface area contributed by atoms with Crippen LogP contribution < -0.4 is 5.56 Å². The summed E-state index contributed by atoms with van der Waals surface area (Å²) in [5.74, 6) is -1.00. The summed E-state index contributed by atoms with van der Waals surface area (Å²) in [6.45, 7) is 3.33. The van der Waals surface area contributed by atoms with Gasteiger partial charge in [-0.2, -0.15) is 5.10 Å². The van der Waals surface area contributed by atoms with Crippen molar-refractivity contribution in [3.05, 3.63) is 58.8 Å². The Hall–Kier alpha value is -2.76. The maximum atomic E-state index is 13.3. The van der Waals surface area contributed by atoms with Gasteiger partial charge in [-0.15, -0.1) is 0 Å². The van der Waals surface area contributed by atoms with Crippen LogP contribution >= 0.6 is 0 Å². The highest BCUT2D eigenvalue weighted by atomic mass is 19.1. The van der Waals surface area contributed by atoms with Crippen molar-refractivity contribution in [1.29, 1.82) is 0 Å². The Morgan fingerprint density at radius 3 is 2.86 bits per heavy atom. The number of esters is 1. The minimum Gasteiger partial charge on any atom is -0.468 e. The van der Waals surface area contributed by atoms with Crippen LogP contribution in [0.15, 0.2) is 41.7 Å². The van der Waals surface area contributed by atoms with Gasteiger partial charge < -0.3 is 4.74 Å². The number of aromatic nitrogens is 2. The van der Waals surface area contributed by atoms with Crippen molar-refractivity contribution >= 4 is 12.0 Å². The molecule has 1 aromatic heterocycles. The lowest BCUT2D eigenvalue weighted by atomic mass is 10.0. The van der Waals surface area contributed by atoms with Crippen LogP contribution in [0, 0.1) is 5.82 Å². The molecule has 0 N–H and O–H groups in total. The normalized spacial score (nSPS) is 10.2. The molecule has 108 valence electrons. The predicted octanol–water partition coefficient (Wildman–Crippen LogP) is 1.87. The van der Waals surface area contributed by atoms with Gasteiger partial charge in [-0.1, -0.05) is 18.7 Å². The molecule has 5 nitrogen and oxygen atoms in total. The summed E-state index contributed by atoms with van der Waals surface area (Å²) >= 11 is 0. The summed E-state index contributed by atoms with van der Waals surface area (Å²) < 4.78 is 18.8. The summed E-state index contributed by atoms with van der Waals surface area (Å²) in [7, 11) is 1.23. The van der Waals surface area contributed by atoms with Crippen molar-refractivity contribution in [3.63, 3.8) is 0 Å². The van der Waals surface area contributed by atoms with E-state index in [9.17, 15) is 14.0 Å². The third kappa shape index (κ3) is 3.22. The minimum atomic E-state index is -0.585. The topological polar surface area (TPSA) is 61.2 Å². The Balaban J connectivity index is 2.54. The van der Waals surface area contributed by atoms with Crippen LogP contribution in [0.4, 0.5) is 4.39 Å². The second-order valence-electron chi connectivity index (χ2n) is 4.23. The fourth-order valence-corrected chi connectivity index (χ4v) is 1.84. The number of benzene rings is 1. The minimum absolute atomic E-state index is 0.292. The van der Waals surface area contributed by atoms with Crippen molar-refractivity contribution in [3.8, 4) is 11.1 Å². The zero-order valence-electron chi connectivity index (χ0n) is 11.4. The van der Waals surface area contributed by atoms with Gasteiger partial charge in [0.2, 0.25) is 0 Å². The van der Waals surface area contributed by atoms with Crippen LogP contribution in [0.3, 0.4) is 0 Å². The van der Waals surface area contributed by atoms with Crippen LogP contribution in [0.5, 0.6) is 0 Å². The Morgan fingerprint density at radius 2 is 2.24 bits per heavy atom. The van der Waals surface area contributed by atoms with Gasteiger partial charge in [-0.25, -0.2) is 9.07 Å². The summed E-state index contributed by atoms with van der Waals surface area (Å²) in [6.07, 6.45) is 1.44. The summed E-state index contributed by atoms with van der Waals surface area (Å²) in [4.78, 5) is 23.2. The molecule has 0 aliphatic carbocycles. The van der Waals surface area contributed by atoms with E-state index in [4.69, 9.17) is 0 Å². The SMILES string of the molecule is C=Cc1nn(CC(=O)OC)c(=O)cc1-c1cccc(F)c1. The molecule has 1 heterocycles. The lowest BCUT2D eigenvalue weighted by molar-refractivity contribution is -0.141. The first-order chi connectivity index (χ1) is 10.0. The zero-order valence-corrected chi connectivity index (χ0v) is 11.4. The molecule has 21 heavy (non-hydrogen) atoms. The number of hydrogen-bond donors (Lipinski definition) is 0. The van der Waals surface area contributed by atoms with Crippen molar-refractivity contribution in [2.45, 2.75) is 6.54 Å². The van der Waals surface area contributed by atoms with Crippen LogP contribution in [-0.2, 0) is 16.1 Å². The highest BCUT2D eigenvalue weighted by molar-refractivity contribution is 5.72. The largest absolute Gasteiger partial charge is 0.468 e. The van der Waals surface area contributed by atoms with E-state index < -0.39 is 17.3 Å². The highest BCUT2D eigenvalue weighted by Crippen LogP contribution is 2.22. The Labute approximate surface area is 120 Å². The van der Waals surface area contributed by atoms with Gasteiger partial charge in [0.25, 0.3) is 5.56 Å². The number of ether oxygens (including phenoxy) is 1. The summed E-state index contributed by atoms with van der Waals surface area (Å²) in [5, 5.41) is 4.05. The van der Waals surface area contributed by atoms with E-state index in [1.807, 2.05) is 0 Å². The van der Waals surface area contributed by atoms with Gasteiger partial charge in [0.15, 0.2) is 0 Å². The van der Waals surface area contributed by atoms with E-state index in [1.165, 1.54) is 37.5 Å². The van der Waals surface area contributed by atoms with Crippen molar-refractivity contribution in [2.75, 3.05) is 7.11 Å². The summed E-state index contributed by atoms with van der Waals surface area (Å²) in [5.41, 5.74) is 0.865. The van der Waals surface area contributed by atoms with Crippen molar-refractivity contribution in [2.24, 2.45) is 0 Å². The molecule has 0 saturated carbocycles. The average molecular weight is 288 g/mol. The molecule has 0 spiro atoms. The molecule has 0 saturated heterocycles. The van der Waals surface area contributed by atoms with Crippen LogP contribution in [0.2, 0.25) is 0 Å². The van der Waals surface area contributed by atoms with E-state index in [-0.39, 0.29) is 6.54 Å². The molecule has 1 aromatic carbocycles. The number of rotatable bonds is 4. The molecule has 2 aromatic rings. The Morgan fingerprint density at radius 1 is 1.48 bits per heavy atom. The van der Waals surface area contributed by atoms with E-state index in [1.54, 1.807) is 6.07 Å². The molecule has 0 atom stereocenters. The molecule has 6 heteroatoms. The molecular formula is C15H13FN2O3. The zero-order chi connectivity index (χ0) is 15.4. The Kier molecular flexibility index (Phi) is 4.27. The molecule has 0 bridgehead atoms. The first-order valence-electron chi connectivity index (χ1n) is 6.12. The monoisotopic (exact) mass is 288 g/mol. The maximum Gasteiger partial charge on any atom is 0.327 e. The maximum absolute atomic E-state index is 13.3. The molecule has 0 amide bonds. The number of halogens is 1. The molecule has 0 aliphatic heterocycles. The molecule has 0 aliphatic rings. The van der Waals surface area contributed by atoms with Gasteiger partial charge >= 0.3 is 5.97 Å². The fourth-order valence-electron chi connectivity index (χ4n) is 1.84. The molecule has 0 unspecified atom stereocenters. The molecule has 0 fully saturated rings. The predicted molar refractivity (Wildman–Crippen MR) is 76.0 cm³/mol. The summed E-state index contributed by atoms with van der Waals surface area (Å²) in [6, 6.07) is 7.10. The third-order valence-corrected chi connectivity index (χ3v) is 2.86. The standard InChI is InChI=1S/C15H13FN2O3/c1-3-13-12(10-5-4-6-11(16)7-10)8-14(19)18(17-13)9-15(20)21-2/h3-8H,1,9H2,2H3. The van der Waals surface area contributed by atoms with Crippen molar-refractivity contribution < 1.29 is 13.9 Å². The van der Waals surface area contributed by atoms with Gasteiger partial charge in [0.05, 0.1) is 12.8 Å². The highest BCUT2D eigenvalue weighted by Gasteiger charge is 2.11. The Bertz CT molecular complexity index is 753. The number of hydrogen-bond acceptors (Lipinski definition) is 4. The lowest BCUT2D eigenvalue weighted by Crippen LogP contribution is -2.27. The molecular weight excluding hydrogens is 275 g/mol. The second kappa shape index (κ2) is 6.13. The number of nitrogens with zero attached hydrogens (tertiary/aromatic N) is 2. The van der Waals surface area contributed by atoms with Gasteiger partial charge in [0, 0.05) is 11.6 Å². The number of methoxy groups -OCH3 is 1. The van der Waals surface area contributed by atoms with Crippen molar-refractivity contribution in [1.82, 2.24) is 9.78 Å². The molecule has 2 rings (SSSR count). The van der Waals surface area contributed by atoms with E-state index in [2.05, 4.69) is 16.4 Å².